The third-order valence-corrected chi connectivity index (χ3v) is 4.85. The summed E-state index contributed by atoms with van der Waals surface area (Å²) in [6, 6.07) is 36.1. The molecule has 0 spiro atoms. The summed E-state index contributed by atoms with van der Waals surface area (Å²) in [5.74, 6) is 0.876. The van der Waals surface area contributed by atoms with Crippen LogP contribution in [-0.4, -0.2) is 0 Å². The minimum absolute atomic E-state index is 0.568. The summed E-state index contributed by atoms with van der Waals surface area (Å²) < 4.78 is 5.65. The minimum atomic E-state index is 0.568. The highest BCUT2D eigenvalue weighted by Crippen LogP contribution is 2.13. The predicted molar refractivity (Wildman–Crippen MR) is 148 cm³/mol. The molecule has 0 bridgehead atoms. The average Bonchev–Trinajstić information content (AvgIpc) is 2.94. The maximum atomic E-state index is 5.65. The Bertz CT molecular complexity index is 1070. The van der Waals surface area contributed by atoms with E-state index in [0.717, 1.165) is 22.4 Å². The highest BCUT2D eigenvalue weighted by Gasteiger charge is 1.95. The number of rotatable bonds is 7. The van der Waals surface area contributed by atoms with Crippen LogP contribution in [0.5, 0.6) is 5.75 Å². The first-order valence-electron chi connectivity index (χ1n) is 11.2. The largest absolute Gasteiger partial charge is 0.489 e. The van der Waals surface area contributed by atoms with Gasteiger partial charge in [0.25, 0.3) is 0 Å². The molecule has 4 rings (SSSR count). The van der Waals surface area contributed by atoms with Gasteiger partial charge in [0.2, 0.25) is 0 Å². The van der Waals surface area contributed by atoms with E-state index in [1.165, 1.54) is 11.1 Å². The van der Waals surface area contributed by atoms with E-state index in [0.29, 0.717) is 13.2 Å². The lowest BCUT2D eigenvalue weighted by Crippen LogP contribution is -1.97. The van der Waals surface area contributed by atoms with Crippen LogP contribution < -0.4 is 10.5 Å². The molecule has 0 aliphatic heterocycles. The second kappa shape index (κ2) is 15.6. The average molecular weight is 448 g/mol. The van der Waals surface area contributed by atoms with Gasteiger partial charge in [0.1, 0.15) is 12.4 Å². The molecule has 0 unspecified atom stereocenters. The van der Waals surface area contributed by atoms with E-state index in [2.05, 4.69) is 19.7 Å². The van der Waals surface area contributed by atoms with Gasteiger partial charge in [-0.15, -0.1) is 0 Å². The van der Waals surface area contributed by atoms with E-state index in [-0.39, 0.29) is 0 Å². The summed E-state index contributed by atoms with van der Waals surface area (Å²) in [7, 11) is 0. The van der Waals surface area contributed by atoms with E-state index in [9.17, 15) is 0 Å². The second-order valence-corrected chi connectivity index (χ2v) is 7.31. The molecular formula is C32H33NO. The quantitative estimate of drug-likeness (QED) is 0.311. The summed E-state index contributed by atoms with van der Waals surface area (Å²) in [5, 5.41) is 0. The van der Waals surface area contributed by atoms with E-state index in [1.807, 2.05) is 127 Å². The Hall–Kier alpha value is -4.14. The molecule has 0 saturated carbocycles. The van der Waals surface area contributed by atoms with Gasteiger partial charge in [-0.05, 0) is 39.9 Å². The maximum absolute atomic E-state index is 5.65. The highest BCUT2D eigenvalue weighted by atomic mass is 16.5. The van der Waals surface area contributed by atoms with E-state index < -0.39 is 0 Å². The van der Waals surface area contributed by atoms with Gasteiger partial charge in [0.05, 0.1) is 0 Å². The van der Waals surface area contributed by atoms with Crippen molar-refractivity contribution in [3.05, 3.63) is 157 Å². The van der Waals surface area contributed by atoms with Crippen LogP contribution in [0.15, 0.2) is 129 Å². The Kier molecular flexibility index (Phi) is 12.0. The topological polar surface area (TPSA) is 35.2 Å². The second-order valence-electron chi connectivity index (χ2n) is 7.31. The Balaban J connectivity index is 0.000000195. The van der Waals surface area contributed by atoms with E-state index in [1.54, 1.807) is 0 Å². The first-order valence-corrected chi connectivity index (χ1v) is 11.2. The predicted octanol–water partition coefficient (Wildman–Crippen LogP) is 8.03. The Morgan fingerprint density at radius 1 is 0.529 bits per heavy atom. The number of benzene rings is 4. The molecule has 2 N–H and O–H groups in total. The Labute approximate surface area is 204 Å². The molecular weight excluding hydrogens is 414 g/mol. The zero-order valence-corrected chi connectivity index (χ0v) is 19.6. The summed E-state index contributed by atoms with van der Waals surface area (Å²) in [5.41, 5.74) is 11.3. The van der Waals surface area contributed by atoms with Crippen LogP contribution in [0.3, 0.4) is 0 Å². The van der Waals surface area contributed by atoms with Crippen LogP contribution in [0.4, 0.5) is 0 Å². The van der Waals surface area contributed by atoms with Gasteiger partial charge < -0.3 is 10.5 Å². The van der Waals surface area contributed by atoms with Crippen molar-refractivity contribution >= 4 is 18.2 Å². The van der Waals surface area contributed by atoms with Gasteiger partial charge in [-0.3, -0.25) is 0 Å². The van der Waals surface area contributed by atoms with Gasteiger partial charge >= 0.3 is 0 Å². The molecule has 0 aliphatic rings. The van der Waals surface area contributed by atoms with Gasteiger partial charge in [-0.25, -0.2) is 0 Å². The summed E-state index contributed by atoms with van der Waals surface area (Å²) in [4.78, 5) is 0. The molecule has 172 valence electrons. The van der Waals surface area contributed by atoms with E-state index >= 15 is 0 Å². The zero-order valence-electron chi connectivity index (χ0n) is 19.6. The molecule has 0 fully saturated rings. The van der Waals surface area contributed by atoms with Gasteiger partial charge in [-0.1, -0.05) is 135 Å². The molecule has 4 aromatic carbocycles. The van der Waals surface area contributed by atoms with Crippen molar-refractivity contribution in [3.8, 4) is 5.75 Å². The van der Waals surface area contributed by atoms with Crippen molar-refractivity contribution in [1.29, 1.82) is 0 Å². The monoisotopic (exact) mass is 447 g/mol. The van der Waals surface area contributed by atoms with Crippen LogP contribution in [-0.2, 0) is 13.2 Å². The van der Waals surface area contributed by atoms with Crippen molar-refractivity contribution in [2.75, 3.05) is 0 Å². The first kappa shape index (κ1) is 26.1. The number of nitrogens with two attached hydrogens (primary N) is 1. The molecule has 0 aromatic heterocycles. The van der Waals surface area contributed by atoms with Crippen LogP contribution in [0.1, 0.15) is 27.8 Å². The van der Waals surface area contributed by atoms with Gasteiger partial charge in [-0.2, -0.15) is 0 Å². The van der Waals surface area contributed by atoms with Crippen LogP contribution in [0.2, 0.25) is 0 Å². The Morgan fingerprint density at radius 2 is 0.971 bits per heavy atom. The van der Waals surface area contributed by atoms with Gasteiger partial charge in [0, 0.05) is 6.54 Å². The van der Waals surface area contributed by atoms with E-state index in [4.69, 9.17) is 10.5 Å². The maximum Gasteiger partial charge on any atom is 0.119 e. The molecule has 2 heteroatoms. The lowest BCUT2D eigenvalue weighted by molar-refractivity contribution is 0.306. The number of ether oxygens (including phenoxy) is 1. The molecule has 0 heterocycles. The van der Waals surface area contributed by atoms with Crippen molar-refractivity contribution in [1.82, 2.24) is 0 Å². The van der Waals surface area contributed by atoms with Crippen molar-refractivity contribution in [2.45, 2.75) is 13.2 Å². The highest BCUT2D eigenvalue weighted by molar-refractivity contribution is 5.53. The molecule has 0 atom stereocenters. The normalized spacial score (nSPS) is 9.32. The third-order valence-electron chi connectivity index (χ3n) is 4.85. The fraction of sp³-hybridized carbons (Fsp3) is 0.0625. The van der Waals surface area contributed by atoms with Gasteiger partial charge in [0.15, 0.2) is 0 Å². The van der Waals surface area contributed by atoms with Crippen LogP contribution in [0, 0.1) is 0 Å². The first-order chi connectivity index (χ1) is 16.7. The molecule has 0 saturated heterocycles. The van der Waals surface area contributed by atoms with Crippen molar-refractivity contribution in [2.24, 2.45) is 5.73 Å². The molecule has 0 amide bonds. The van der Waals surface area contributed by atoms with Crippen molar-refractivity contribution in [3.63, 3.8) is 0 Å². The summed E-state index contributed by atoms with van der Waals surface area (Å²) in [6.45, 7) is 12.1. The van der Waals surface area contributed by atoms with Crippen LogP contribution >= 0.6 is 0 Å². The summed E-state index contributed by atoms with van der Waals surface area (Å²) in [6.07, 6.45) is 5.49. The molecule has 0 aliphatic carbocycles. The lowest BCUT2D eigenvalue weighted by Gasteiger charge is -2.06. The smallest absolute Gasteiger partial charge is 0.119 e. The lowest BCUT2D eigenvalue weighted by atomic mass is 10.1. The molecule has 4 aromatic rings. The SMILES string of the molecule is C=Cc1ccc(C=C)cc1.C=Cc1ccccc1.NCc1ccc(OCc2ccccc2)cc1. The molecule has 34 heavy (non-hydrogen) atoms. The fourth-order valence-corrected chi connectivity index (χ4v) is 2.82. The molecule has 2 nitrogen and oxygen atoms in total. The van der Waals surface area contributed by atoms with Crippen LogP contribution in [0.25, 0.3) is 18.2 Å². The zero-order chi connectivity index (χ0) is 24.4. The standard InChI is InChI=1S/C14H15NO.C10H10.C8H8/c15-10-12-6-8-14(9-7-12)16-11-13-4-2-1-3-5-13;1-3-9-5-7-10(4-2)8-6-9;1-2-8-6-4-3-5-7-8/h1-9H,10-11,15H2;3-8H,1-2H2;2-7H,1H2. The molecule has 0 radical (unpaired) electrons. The number of hydrogen-bond donors (Lipinski definition) is 1. The number of hydrogen-bond acceptors (Lipinski definition) is 2. The Morgan fingerprint density at radius 3 is 1.38 bits per heavy atom. The third kappa shape index (κ3) is 9.99. The fourth-order valence-electron chi connectivity index (χ4n) is 2.82. The van der Waals surface area contributed by atoms with Crippen molar-refractivity contribution < 1.29 is 4.74 Å². The summed E-state index contributed by atoms with van der Waals surface area (Å²) >= 11 is 0. The minimum Gasteiger partial charge on any atom is -0.489 e.